The summed E-state index contributed by atoms with van der Waals surface area (Å²) in [7, 11) is 0. The normalized spacial score (nSPS) is 7.54. The summed E-state index contributed by atoms with van der Waals surface area (Å²) in [6.07, 6.45) is 1.72. The van der Waals surface area contributed by atoms with Crippen LogP contribution in [0.3, 0.4) is 0 Å². The first-order valence-corrected chi connectivity index (χ1v) is 4.89. The fraction of sp³-hybridized carbons (Fsp3) is 0.545. The third-order valence-electron chi connectivity index (χ3n) is 1.51. The Kier molecular flexibility index (Phi) is 10.1. The van der Waals surface area contributed by atoms with Crippen LogP contribution >= 0.6 is 0 Å². The Balaban J connectivity index is 0. The van der Waals surface area contributed by atoms with Gasteiger partial charge in [-0.15, -0.1) is 0 Å². The molecule has 0 spiro atoms. The van der Waals surface area contributed by atoms with E-state index in [1.54, 1.807) is 6.20 Å². The minimum Gasteiger partial charge on any atom is -0.383 e. The molecule has 0 amide bonds. The van der Waals surface area contributed by atoms with Crippen LogP contribution in [0.2, 0.25) is 0 Å². The molecule has 13 heavy (non-hydrogen) atoms. The molecule has 0 aliphatic carbocycles. The zero-order valence-electron chi connectivity index (χ0n) is 9.68. The first-order valence-electron chi connectivity index (χ1n) is 4.89. The number of rotatable bonds is 0. The van der Waals surface area contributed by atoms with E-state index in [9.17, 15) is 0 Å². The number of hydrogen-bond donors (Lipinski definition) is 1. The van der Waals surface area contributed by atoms with Gasteiger partial charge in [0.1, 0.15) is 5.82 Å². The van der Waals surface area contributed by atoms with Crippen molar-refractivity contribution < 1.29 is 0 Å². The van der Waals surface area contributed by atoms with Crippen LogP contribution in [-0.4, -0.2) is 4.98 Å². The highest BCUT2D eigenvalue weighted by atomic mass is 14.8. The average molecular weight is 182 g/mol. The highest BCUT2D eigenvalue weighted by Gasteiger charge is 1.94. The Morgan fingerprint density at radius 1 is 1.08 bits per heavy atom. The Bertz CT molecular complexity index is 199. The molecule has 1 aromatic heterocycles. The maximum atomic E-state index is 5.51. The van der Waals surface area contributed by atoms with Gasteiger partial charge in [-0.3, -0.25) is 0 Å². The van der Waals surface area contributed by atoms with E-state index < -0.39 is 0 Å². The molecule has 0 aromatic carbocycles. The number of aryl methyl sites for hydroxylation is 1. The van der Waals surface area contributed by atoms with Gasteiger partial charge in [0.05, 0.1) is 0 Å². The van der Waals surface area contributed by atoms with Crippen LogP contribution < -0.4 is 5.73 Å². The molecule has 0 bridgehead atoms. The highest BCUT2D eigenvalue weighted by Crippen LogP contribution is 2.09. The molecule has 1 rings (SSSR count). The standard InChI is InChI=1S/C7H10N2.2C2H6/c1-5-3-4-9-7(8)6(5)2;2*1-2/h3-4H,1-2H3,(H2,8,9);2*1-2H3. The molecule has 1 aromatic rings. The molecule has 0 unspecified atom stereocenters. The second-order valence-electron chi connectivity index (χ2n) is 2.14. The van der Waals surface area contributed by atoms with Gasteiger partial charge in [-0.25, -0.2) is 4.98 Å². The van der Waals surface area contributed by atoms with Crippen molar-refractivity contribution in [2.24, 2.45) is 0 Å². The van der Waals surface area contributed by atoms with Crippen LogP contribution in [0, 0.1) is 13.8 Å². The summed E-state index contributed by atoms with van der Waals surface area (Å²) < 4.78 is 0. The van der Waals surface area contributed by atoms with Crippen molar-refractivity contribution >= 4 is 5.82 Å². The minimum absolute atomic E-state index is 0.634. The maximum absolute atomic E-state index is 5.51. The van der Waals surface area contributed by atoms with Crippen molar-refractivity contribution in [3.63, 3.8) is 0 Å². The molecule has 2 nitrogen and oxygen atoms in total. The lowest BCUT2D eigenvalue weighted by atomic mass is 10.2. The van der Waals surface area contributed by atoms with Gasteiger partial charge < -0.3 is 5.73 Å². The van der Waals surface area contributed by atoms with Gasteiger partial charge in [0.25, 0.3) is 0 Å². The van der Waals surface area contributed by atoms with E-state index in [2.05, 4.69) is 4.98 Å². The molecular formula is C11H22N2. The zero-order valence-corrected chi connectivity index (χ0v) is 9.68. The number of nitrogens with two attached hydrogens (primary N) is 1. The predicted molar refractivity (Wildman–Crippen MR) is 60.8 cm³/mol. The van der Waals surface area contributed by atoms with Gasteiger partial charge in [-0.2, -0.15) is 0 Å². The second-order valence-corrected chi connectivity index (χ2v) is 2.14. The molecule has 2 N–H and O–H groups in total. The summed E-state index contributed by atoms with van der Waals surface area (Å²) in [5.74, 6) is 0.634. The van der Waals surface area contributed by atoms with Crippen LogP contribution in [0.5, 0.6) is 0 Å². The molecule has 2 heteroatoms. The summed E-state index contributed by atoms with van der Waals surface area (Å²) in [5.41, 5.74) is 7.79. The topological polar surface area (TPSA) is 38.9 Å². The maximum Gasteiger partial charge on any atom is 0.126 e. The van der Waals surface area contributed by atoms with Gasteiger partial charge in [-0.05, 0) is 31.0 Å². The quantitative estimate of drug-likeness (QED) is 0.668. The lowest BCUT2D eigenvalue weighted by Crippen LogP contribution is -1.94. The molecule has 0 atom stereocenters. The molecule has 0 saturated heterocycles. The van der Waals surface area contributed by atoms with Crippen molar-refractivity contribution in [3.8, 4) is 0 Å². The summed E-state index contributed by atoms with van der Waals surface area (Å²) in [5, 5.41) is 0. The molecule has 0 fully saturated rings. The lowest BCUT2D eigenvalue weighted by Gasteiger charge is -1.99. The van der Waals surface area contributed by atoms with Gasteiger partial charge in [0, 0.05) is 6.20 Å². The summed E-state index contributed by atoms with van der Waals surface area (Å²) in [6.45, 7) is 12.0. The number of nitrogen functional groups attached to an aromatic ring is 1. The van der Waals surface area contributed by atoms with Gasteiger partial charge >= 0.3 is 0 Å². The molecular weight excluding hydrogens is 160 g/mol. The molecule has 0 aliphatic rings. The van der Waals surface area contributed by atoms with E-state index in [0.29, 0.717) is 5.82 Å². The fourth-order valence-corrected chi connectivity index (χ4v) is 0.653. The Labute approximate surface area is 82.2 Å². The largest absolute Gasteiger partial charge is 0.383 e. The van der Waals surface area contributed by atoms with Crippen molar-refractivity contribution in [1.29, 1.82) is 0 Å². The third kappa shape index (κ3) is 5.23. The summed E-state index contributed by atoms with van der Waals surface area (Å²) in [6, 6.07) is 1.95. The number of anilines is 1. The monoisotopic (exact) mass is 182 g/mol. The SMILES string of the molecule is CC.CC.Cc1ccnc(N)c1C. The number of aromatic nitrogens is 1. The second kappa shape index (κ2) is 9.04. The van der Waals surface area contributed by atoms with E-state index in [1.807, 2.05) is 47.6 Å². The summed E-state index contributed by atoms with van der Waals surface area (Å²) >= 11 is 0. The van der Waals surface area contributed by atoms with Crippen molar-refractivity contribution in [2.75, 3.05) is 5.73 Å². The van der Waals surface area contributed by atoms with Crippen LogP contribution in [0.4, 0.5) is 5.82 Å². The first kappa shape index (κ1) is 14.5. The predicted octanol–water partition coefficient (Wildman–Crippen LogP) is 3.33. The van der Waals surface area contributed by atoms with Crippen molar-refractivity contribution in [1.82, 2.24) is 4.98 Å². The first-order chi connectivity index (χ1) is 6.22. The van der Waals surface area contributed by atoms with Gasteiger partial charge in [0.2, 0.25) is 0 Å². The molecule has 1 heterocycles. The number of nitrogens with zero attached hydrogens (tertiary/aromatic N) is 1. The van der Waals surface area contributed by atoms with E-state index in [1.165, 1.54) is 5.56 Å². The van der Waals surface area contributed by atoms with E-state index in [4.69, 9.17) is 5.73 Å². The van der Waals surface area contributed by atoms with Crippen LogP contribution in [0.25, 0.3) is 0 Å². The van der Waals surface area contributed by atoms with Crippen LogP contribution in [0.1, 0.15) is 38.8 Å². The van der Waals surface area contributed by atoms with Crippen molar-refractivity contribution in [3.05, 3.63) is 23.4 Å². The zero-order chi connectivity index (χ0) is 10.9. The summed E-state index contributed by atoms with van der Waals surface area (Å²) in [4.78, 5) is 3.92. The molecule has 0 aliphatic heterocycles. The fourth-order valence-electron chi connectivity index (χ4n) is 0.653. The Hall–Kier alpha value is -1.05. The third-order valence-corrected chi connectivity index (χ3v) is 1.51. The van der Waals surface area contributed by atoms with Crippen LogP contribution in [0.15, 0.2) is 12.3 Å². The van der Waals surface area contributed by atoms with E-state index >= 15 is 0 Å². The average Bonchev–Trinajstić information content (AvgIpc) is 2.20. The van der Waals surface area contributed by atoms with E-state index in [0.717, 1.165) is 5.56 Å². The van der Waals surface area contributed by atoms with Gasteiger partial charge in [-0.1, -0.05) is 27.7 Å². The number of hydrogen-bond acceptors (Lipinski definition) is 2. The Morgan fingerprint density at radius 2 is 1.54 bits per heavy atom. The number of pyridine rings is 1. The van der Waals surface area contributed by atoms with Crippen molar-refractivity contribution in [2.45, 2.75) is 41.5 Å². The van der Waals surface area contributed by atoms with Gasteiger partial charge in [0.15, 0.2) is 0 Å². The smallest absolute Gasteiger partial charge is 0.126 e. The lowest BCUT2D eigenvalue weighted by molar-refractivity contribution is 1.23. The molecule has 0 radical (unpaired) electrons. The molecule has 76 valence electrons. The Morgan fingerprint density at radius 3 is 1.85 bits per heavy atom. The minimum atomic E-state index is 0.634. The highest BCUT2D eigenvalue weighted by molar-refractivity contribution is 5.42. The van der Waals surface area contributed by atoms with E-state index in [-0.39, 0.29) is 0 Å². The van der Waals surface area contributed by atoms with Crippen LogP contribution in [-0.2, 0) is 0 Å². The molecule has 0 saturated carbocycles.